The highest BCUT2D eigenvalue weighted by Crippen LogP contribution is 2.69. The Labute approximate surface area is 78.6 Å². The Balaban J connectivity index is 1.69. The molecule has 2 nitrogen and oxygen atoms in total. The van der Waals surface area contributed by atoms with Crippen molar-refractivity contribution in [1.29, 1.82) is 0 Å². The molecular formula is C11H16O2. The third kappa shape index (κ3) is 0.918. The van der Waals surface area contributed by atoms with E-state index in [4.69, 9.17) is 4.74 Å². The summed E-state index contributed by atoms with van der Waals surface area (Å²) >= 11 is 0. The molecule has 0 aromatic carbocycles. The molecule has 0 aromatic heterocycles. The van der Waals surface area contributed by atoms with Gasteiger partial charge in [0, 0.05) is 0 Å². The SMILES string of the molecule is CCOC(=O)C1C2C3CCC(C3)C12. The smallest absolute Gasteiger partial charge is 0.309 e. The molecule has 72 valence electrons. The Morgan fingerprint density at radius 2 is 1.92 bits per heavy atom. The van der Waals surface area contributed by atoms with Crippen molar-refractivity contribution in [3.63, 3.8) is 0 Å². The molecule has 0 radical (unpaired) electrons. The van der Waals surface area contributed by atoms with Crippen LogP contribution in [0.25, 0.3) is 0 Å². The highest BCUT2D eigenvalue weighted by Gasteiger charge is 2.68. The van der Waals surface area contributed by atoms with E-state index in [1.807, 2.05) is 6.92 Å². The second kappa shape index (κ2) is 2.49. The lowest BCUT2D eigenvalue weighted by Crippen LogP contribution is -2.12. The van der Waals surface area contributed by atoms with Gasteiger partial charge in [-0.25, -0.2) is 0 Å². The molecule has 0 aromatic rings. The van der Waals surface area contributed by atoms with Gasteiger partial charge in [-0.1, -0.05) is 0 Å². The first-order chi connectivity index (χ1) is 6.33. The van der Waals surface area contributed by atoms with E-state index in [0.717, 1.165) is 23.7 Å². The average molecular weight is 180 g/mol. The third-order valence-corrected chi connectivity index (χ3v) is 4.29. The van der Waals surface area contributed by atoms with Crippen LogP contribution in [0.5, 0.6) is 0 Å². The predicted molar refractivity (Wildman–Crippen MR) is 47.9 cm³/mol. The van der Waals surface area contributed by atoms with Gasteiger partial charge in [0.2, 0.25) is 0 Å². The van der Waals surface area contributed by atoms with Crippen molar-refractivity contribution in [1.82, 2.24) is 0 Å². The number of ether oxygens (including phenoxy) is 1. The summed E-state index contributed by atoms with van der Waals surface area (Å²) in [5.74, 6) is 3.63. The number of fused-ring (bicyclic) bond motifs is 5. The largest absolute Gasteiger partial charge is 0.466 e. The maximum atomic E-state index is 11.5. The molecule has 0 heterocycles. The van der Waals surface area contributed by atoms with E-state index in [0.29, 0.717) is 12.5 Å². The minimum Gasteiger partial charge on any atom is -0.466 e. The van der Waals surface area contributed by atoms with Crippen LogP contribution in [0.15, 0.2) is 0 Å². The lowest BCUT2D eigenvalue weighted by atomic mass is 10.0. The lowest BCUT2D eigenvalue weighted by Gasteiger charge is -2.07. The van der Waals surface area contributed by atoms with Crippen molar-refractivity contribution in [3.05, 3.63) is 0 Å². The molecule has 0 aliphatic heterocycles. The first-order valence-corrected chi connectivity index (χ1v) is 5.49. The minimum absolute atomic E-state index is 0.0918. The highest BCUT2D eigenvalue weighted by atomic mass is 16.5. The molecule has 4 unspecified atom stereocenters. The van der Waals surface area contributed by atoms with E-state index in [2.05, 4.69) is 0 Å². The number of hydrogen-bond donors (Lipinski definition) is 0. The Kier molecular flexibility index (Phi) is 1.50. The number of rotatable bonds is 2. The molecular weight excluding hydrogens is 164 g/mol. The molecule has 0 amide bonds. The highest BCUT2D eigenvalue weighted by molar-refractivity contribution is 5.77. The normalized spacial score (nSPS) is 50.4. The second-order valence-corrected chi connectivity index (χ2v) is 4.77. The summed E-state index contributed by atoms with van der Waals surface area (Å²) < 4.78 is 5.09. The van der Waals surface area contributed by atoms with E-state index in [1.54, 1.807) is 0 Å². The summed E-state index contributed by atoms with van der Waals surface area (Å²) in [6.45, 7) is 2.44. The van der Waals surface area contributed by atoms with Crippen LogP contribution in [0.4, 0.5) is 0 Å². The summed E-state index contributed by atoms with van der Waals surface area (Å²) in [6, 6.07) is 0. The Morgan fingerprint density at radius 1 is 1.31 bits per heavy atom. The van der Waals surface area contributed by atoms with Gasteiger partial charge in [-0.2, -0.15) is 0 Å². The Morgan fingerprint density at radius 3 is 2.46 bits per heavy atom. The molecule has 0 spiro atoms. The first kappa shape index (κ1) is 7.84. The summed E-state index contributed by atoms with van der Waals surface area (Å²) in [6.07, 6.45) is 4.16. The molecule has 3 saturated carbocycles. The van der Waals surface area contributed by atoms with Crippen molar-refractivity contribution in [2.45, 2.75) is 26.2 Å². The third-order valence-electron chi connectivity index (χ3n) is 4.29. The monoisotopic (exact) mass is 180 g/mol. The zero-order chi connectivity index (χ0) is 9.00. The molecule has 4 atom stereocenters. The van der Waals surface area contributed by atoms with Crippen molar-refractivity contribution in [2.75, 3.05) is 6.61 Å². The van der Waals surface area contributed by atoms with Crippen LogP contribution in [-0.4, -0.2) is 12.6 Å². The summed E-state index contributed by atoms with van der Waals surface area (Å²) in [5, 5.41) is 0. The number of carbonyl (C=O) groups is 1. The van der Waals surface area contributed by atoms with E-state index >= 15 is 0 Å². The fourth-order valence-electron chi connectivity index (χ4n) is 3.88. The molecule has 2 bridgehead atoms. The van der Waals surface area contributed by atoms with Gasteiger partial charge in [0.1, 0.15) is 0 Å². The summed E-state index contributed by atoms with van der Waals surface area (Å²) in [5.41, 5.74) is 0. The number of carbonyl (C=O) groups excluding carboxylic acids is 1. The molecule has 3 fully saturated rings. The van der Waals surface area contributed by atoms with E-state index in [-0.39, 0.29) is 5.97 Å². The van der Waals surface area contributed by atoms with Gasteiger partial charge in [-0.05, 0) is 49.9 Å². The summed E-state index contributed by atoms with van der Waals surface area (Å²) in [4.78, 5) is 11.5. The van der Waals surface area contributed by atoms with E-state index < -0.39 is 0 Å². The van der Waals surface area contributed by atoms with Crippen LogP contribution in [0.2, 0.25) is 0 Å². The Hall–Kier alpha value is -0.530. The van der Waals surface area contributed by atoms with Crippen molar-refractivity contribution in [3.8, 4) is 0 Å². The first-order valence-electron chi connectivity index (χ1n) is 5.49. The molecule has 2 heteroatoms. The van der Waals surface area contributed by atoms with Gasteiger partial charge in [-0.3, -0.25) is 4.79 Å². The predicted octanol–water partition coefficient (Wildman–Crippen LogP) is 1.84. The van der Waals surface area contributed by atoms with Crippen LogP contribution in [0.3, 0.4) is 0 Å². The lowest BCUT2D eigenvalue weighted by molar-refractivity contribution is -0.145. The quantitative estimate of drug-likeness (QED) is 0.606. The molecule has 13 heavy (non-hydrogen) atoms. The van der Waals surface area contributed by atoms with Crippen LogP contribution >= 0.6 is 0 Å². The van der Waals surface area contributed by atoms with Crippen molar-refractivity contribution >= 4 is 5.97 Å². The summed E-state index contributed by atoms with van der Waals surface area (Å²) in [7, 11) is 0. The number of hydrogen-bond acceptors (Lipinski definition) is 2. The number of esters is 1. The van der Waals surface area contributed by atoms with Gasteiger partial charge in [0.15, 0.2) is 0 Å². The van der Waals surface area contributed by atoms with E-state index in [1.165, 1.54) is 19.3 Å². The van der Waals surface area contributed by atoms with Gasteiger partial charge in [0.25, 0.3) is 0 Å². The van der Waals surface area contributed by atoms with Crippen LogP contribution in [0, 0.1) is 29.6 Å². The maximum Gasteiger partial charge on any atom is 0.309 e. The average Bonchev–Trinajstić information content (AvgIpc) is 2.57. The zero-order valence-electron chi connectivity index (χ0n) is 8.03. The van der Waals surface area contributed by atoms with Crippen LogP contribution in [0.1, 0.15) is 26.2 Å². The van der Waals surface area contributed by atoms with Gasteiger partial charge >= 0.3 is 5.97 Å². The van der Waals surface area contributed by atoms with E-state index in [9.17, 15) is 4.79 Å². The fourth-order valence-corrected chi connectivity index (χ4v) is 3.88. The zero-order valence-corrected chi connectivity index (χ0v) is 8.03. The topological polar surface area (TPSA) is 26.3 Å². The molecule has 0 N–H and O–H groups in total. The maximum absolute atomic E-state index is 11.5. The molecule has 3 aliphatic carbocycles. The molecule has 0 saturated heterocycles. The van der Waals surface area contributed by atoms with Crippen molar-refractivity contribution in [2.24, 2.45) is 29.6 Å². The molecule has 3 rings (SSSR count). The second-order valence-electron chi connectivity index (χ2n) is 4.77. The van der Waals surface area contributed by atoms with Crippen LogP contribution < -0.4 is 0 Å². The van der Waals surface area contributed by atoms with Gasteiger partial charge < -0.3 is 4.74 Å². The van der Waals surface area contributed by atoms with Gasteiger partial charge in [0.05, 0.1) is 12.5 Å². The van der Waals surface area contributed by atoms with Gasteiger partial charge in [-0.15, -0.1) is 0 Å². The van der Waals surface area contributed by atoms with Crippen LogP contribution in [-0.2, 0) is 9.53 Å². The Bertz CT molecular complexity index is 232. The minimum atomic E-state index is 0.0918. The van der Waals surface area contributed by atoms with Crippen molar-refractivity contribution < 1.29 is 9.53 Å². The fraction of sp³-hybridized carbons (Fsp3) is 0.909. The standard InChI is InChI=1S/C11H16O2/c1-2-13-11(12)10-8-6-3-4-7(5-6)9(8)10/h6-10H,2-5H2,1H3. The molecule has 3 aliphatic rings.